The molecule has 0 bridgehead atoms. The van der Waals surface area contributed by atoms with Gasteiger partial charge in [-0.25, -0.2) is 14.1 Å². The molecular formula is C25H29FN4O4. The van der Waals surface area contributed by atoms with E-state index in [0.717, 1.165) is 29.8 Å². The predicted octanol–water partition coefficient (Wildman–Crippen LogP) is 3.99. The molecule has 2 fully saturated rings. The minimum atomic E-state index is -0.857. The van der Waals surface area contributed by atoms with Gasteiger partial charge in [-0.15, -0.1) is 0 Å². The molecule has 0 aliphatic carbocycles. The Kier molecular flexibility index (Phi) is 5.55. The van der Waals surface area contributed by atoms with E-state index in [-0.39, 0.29) is 30.3 Å². The zero-order valence-electron chi connectivity index (χ0n) is 19.7. The Morgan fingerprint density at radius 3 is 2.74 bits per heavy atom. The molecule has 3 aliphatic heterocycles. The van der Waals surface area contributed by atoms with E-state index >= 15 is 0 Å². The van der Waals surface area contributed by atoms with Crippen LogP contribution in [-0.2, 0) is 11.3 Å². The molecule has 2 saturated heterocycles. The largest absolute Gasteiger partial charge is 0.461 e. The summed E-state index contributed by atoms with van der Waals surface area (Å²) >= 11 is 0. The number of halogens is 1. The standard InChI is InChI=1S/C25H29FN4O4/c1-24(2,3)34-23(32)30-14-18-19(21(30)31)20(16-8-5-4-6-9-16)28-22(27-18)33-15-25-10-7-11-29(25)13-17(26)12-25/h4-6,8-9,17H,7,10-15H2,1-3H3/t17-,25+/m1/s1. The molecule has 2 amide bonds. The Labute approximate surface area is 198 Å². The molecule has 2 atom stereocenters. The first-order chi connectivity index (χ1) is 16.2. The van der Waals surface area contributed by atoms with Gasteiger partial charge in [-0.3, -0.25) is 9.69 Å². The molecule has 8 nitrogen and oxygen atoms in total. The van der Waals surface area contributed by atoms with Crippen molar-refractivity contribution in [1.29, 1.82) is 0 Å². The fourth-order valence-corrected chi connectivity index (χ4v) is 5.16. The average Bonchev–Trinajstić information content (AvgIpc) is 3.41. The molecule has 34 heavy (non-hydrogen) atoms. The van der Waals surface area contributed by atoms with E-state index in [1.165, 1.54) is 0 Å². The van der Waals surface area contributed by atoms with Gasteiger partial charge in [-0.05, 0) is 40.2 Å². The number of carbonyl (C=O) groups excluding carboxylic acids is 2. The van der Waals surface area contributed by atoms with E-state index in [1.54, 1.807) is 20.8 Å². The van der Waals surface area contributed by atoms with Gasteiger partial charge in [0.15, 0.2) is 0 Å². The van der Waals surface area contributed by atoms with Crippen molar-refractivity contribution in [2.45, 2.75) is 63.9 Å². The lowest BCUT2D eigenvalue weighted by Gasteiger charge is -2.30. The van der Waals surface area contributed by atoms with Crippen LogP contribution in [0.3, 0.4) is 0 Å². The topological polar surface area (TPSA) is 84.9 Å². The van der Waals surface area contributed by atoms with E-state index < -0.39 is 23.8 Å². The van der Waals surface area contributed by atoms with Crippen LogP contribution in [0.5, 0.6) is 6.01 Å². The number of aromatic nitrogens is 2. The van der Waals surface area contributed by atoms with Crippen molar-refractivity contribution in [3.05, 3.63) is 41.6 Å². The molecule has 0 radical (unpaired) electrons. The number of hydrogen-bond donors (Lipinski definition) is 0. The Bertz CT molecular complexity index is 1120. The van der Waals surface area contributed by atoms with Gasteiger partial charge in [0.05, 0.1) is 29.0 Å². The van der Waals surface area contributed by atoms with Gasteiger partial charge in [0.25, 0.3) is 5.91 Å². The molecule has 5 rings (SSSR count). The van der Waals surface area contributed by atoms with Crippen LogP contribution in [0.1, 0.15) is 56.1 Å². The molecular weight excluding hydrogens is 439 g/mol. The van der Waals surface area contributed by atoms with E-state index in [9.17, 15) is 14.0 Å². The summed E-state index contributed by atoms with van der Waals surface area (Å²) in [5, 5.41) is 0. The second-order valence-corrected chi connectivity index (χ2v) is 10.3. The third-order valence-corrected chi connectivity index (χ3v) is 6.62. The minimum Gasteiger partial charge on any atom is -0.461 e. The average molecular weight is 469 g/mol. The molecule has 180 valence electrons. The third-order valence-electron chi connectivity index (χ3n) is 6.62. The molecule has 0 unspecified atom stereocenters. The van der Waals surface area contributed by atoms with Crippen molar-refractivity contribution in [2.24, 2.45) is 0 Å². The molecule has 2 aromatic rings. The maximum atomic E-state index is 14.1. The highest BCUT2D eigenvalue weighted by molar-refractivity contribution is 6.09. The lowest BCUT2D eigenvalue weighted by Crippen LogP contribution is -2.43. The van der Waals surface area contributed by atoms with Gasteiger partial charge < -0.3 is 9.47 Å². The van der Waals surface area contributed by atoms with Gasteiger partial charge in [0, 0.05) is 18.5 Å². The van der Waals surface area contributed by atoms with Gasteiger partial charge in [0.2, 0.25) is 0 Å². The summed E-state index contributed by atoms with van der Waals surface area (Å²) in [6, 6.07) is 9.39. The fraction of sp³-hybridized carbons (Fsp3) is 0.520. The zero-order valence-corrected chi connectivity index (χ0v) is 19.7. The van der Waals surface area contributed by atoms with E-state index in [0.29, 0.717) is 24.4 Å². The predicted molar refractivity (Wildman–Crippen MR) is 122 cm³/mol. The van der Waals surface area contributed by atoms with Crippen LogP contribution in [0.25, 0.3) is 11.3 Å². The van der Waals surface area contributed by atoms with Crippen LogP contribution in [-0.4, -0.2) is 68.8 Å². The highest BCUT2D eigenvalue weighted by Gasteiger charge is 2.49. The zero-order chi connectivity index (χ0) is 24.1. The summed E-state index contributed by atoms with van der Waals surface area (Å²) < 4.78 is 25.6. The maximum Gasteiger partial charge on any atom is 0.417 e. The molecule has 1 aromatic carbocycles. The number of fused-ring (bicyclic) bond motifs is 2. The molecule has 0 N–H and O–H groups in total. The lowest BCUT2D eigenvalue weighted by molar-refractivity contribution is 0.0247. The van der Waals surface area contributed by atoms with Crippen molar-refractivity contribution in [3.63, 3.8) is 0 Å². The Balaban J connectivity index is 1.46. The number of rotatable bonds is 4. The van der Waals surface area contributed by atoms with E-state index in [4.69, 9.17) is 9.47 Å². The molecule has 9 heteroatoms. The van der Waals surface area contributed by atoms with Gasteiger partial charge in [-0.1, -0.05) is 30.3 Å². The van der Waals surface area contributed by atoms with Crippen molar-refractivity contribution >= 4 is 12.0 Å². The van der Waals surface area contributed by atoms with E-state index in [1.807, 2.05) is 30.3 Å². The lowest BCUT2D eigenvalue weighted by atomic mass is 9.95. The smallest absolute Gasteiger partial charge is 0.417 e. The summed E-state index contributed by atoms with van der Waals surface area (Å²) in [5.41, 5.74) is 0.733. The highest BCUT2D eigenvalue weighted by atomic mass is 19.1. The summed E-state index contributed by atoms with van der Waals surface area (Å²) in [6.07, 6.45) is 0.737. The molecule has 0 spiro atoms. The SMILES string of the molecule is CC(C)(C)OC(=O)N1Cc2nc(OC[C@@]34CCCN3C[C@H](F)C4)nc(-c3ccccc3)c2C1=O. The van der Waals surface area contributed by atoms with Crippen LogP contribution < -0.4 is 4.74 Å². The number of benzene rings is 1. The van der Waals surface area contributed by atoms with Gasteiger partial charge >= 0.3 is 12.1 Å². The van der Waals surface area contributed by atoms with Crippen molar-refractivity contribution in [1.82, 2.24) is 19.8 Å². The molecule has 4 heterocycles. The summed E-state index contributed by atoms with van der Waals surface area (Å²) in [7, 11) is 0. The van der Waals surface area contributed by atoms with Crippen LogP contribution >= 0.6 is 0 Å². The fourth-order valence-electron chi connectivity index (χ4n) is 5.16. The Hall–Kier alpha value is -3.07. The number of alkyl halides is 1. The maximum absolute atomic E-state index is 14.1. The van der Waals surface area contributed by atoms with Crippen LogP contribution in [0.15, 0.2) is 30.3 Å². The molecule has 1 aromatic heterocycles. The molecule has 3 aliphatic rings. The van der Waals surface area contributed by atoms with Crippen molar-refractivity contribution < 1.29 is 23.5 Å². The second kappa shape index (κ2) is 8.30. The Morgan fingerprint density at radius 1 is 1.24 bits per heavy atom. The molecule has 0 saturated carbocycles. The summed E-state index contributed by atoms with van der Waals surface area (Å²) in [5.74, 6) is -0.494. The van der Waals surface area contributed by atoms with Gasteiger partial charge in [-0.2, -0.15) is 9.97 Å². The Morgan fingerprint density at radius 2 is 2.00 bits per heavy atom. The first kappa shape index (κ1) is 22.7. The summed E-state index contributed by atoms with van der Waals surface area (Å²) in [6.45, 7) is 6.80. The quantitative estimate of drug-likeness (QED) is 0.671. The van der Waals surface area contributed by atoms with Crippen LogP contribution in [0.2, 0.25) is 0 Å². The third kappa shape index (κ3) is 4.13. The van der Waals surface area contributed by atoms with Crippen LogP contribution in [0, 0.1) is 0 Å². The van der Waals surface area contributed by atoms with Crippen molar-refractivity contribution in [2.75, 3.05) is 19.7 Å². The van der Waals surface area contributed by atoms with Crippen molar-refractivity contribution in [3.8, 4) is 17.3 Å². The first-order valence-corrected chi connectivity index (χ1v) is 11.7. The minimum absolute atomic E-state index is 0.0222. The van der Waals surface area contributed by atoms with Gasteiger partial charge in [0.1, 0.15) is 18.4 Å². The first-order valence-electron chi connectivity index (χ1n) is 11.7. The summed E-state index contributed by atoms with van der Waals surface area (Å²) in [4.78, 5) is 38.2. The number of ether oxygens (including phenoxy) is 2. The second-order valence-electron chi connectivity index (χ2n) is 10.3. The van der Waals surface area contributed by atoms with Crippen LogP contribution in [0.4, 0.5) is 9.18 Å². The monoisotopic (exact) mass is 468 g/mol. The highest BCUT2D eigenvalue weighted by Crippen LogP contribution is 2.40. The number of imide groups is 1. The number of hydrogen-bond acceptors (Lipinski definition) is 7. The number of nitrogens with zero attached hydrogens (tertiary/aromatic N) is 4. The normalized spacial score (nSPS) is 24.3. The van der Waals surface area contributed by atoms with E-state index in [2.05, 4.69) is 14.9 Å². The number of amides is 2. The number of carbonyl (C=O) groups is 2.